The van der Waals surface area contributed by atoms with E-state index in [0.717, 1.165) is 9.21 Å². The molecule has 0 spiro atoms. The zero-order valence-corrected chi connectivity index (χ0v) is 12.0. The standard InChI is InChI=1S/C13H10ClNOS2/c1-2-3-8-16-15-9-10-4-5-11(17-10)12-6-7-13(14)18-12/h4-7,9H,8H2,1H3. The first kappa shape index (κ1) is 13.2. The minimum atomic E-state index is 0.325. The third-order valence-electron chi connectivity index (χ3n) is 2.01. The summed E-state index contributed by atoms with van der Waals surface area (Å²) in [5.74, 6) is 5.51. The predicted molar refractivity (Wildman–Crippen MR) is 79.6 cm³/mol. The Balaban J connectivity index is 1.99. The molecular weight excluding hydrogens is 286 g/mol. The van der Waals surface area contributed by atoms with Gasteiger partial charge in [0, 0.05) is 14.6 Å². The molecule has 0 amide bonds. The fourth-order valence-electron chi connectivity index (χ4n) is 1.23. The second-order valence-corrected chi connectivity index (χ2v) is 6.07. The number of oxime groups is 1. The number of thiophene rings is 2. The molecule has 18 heavy (non-hydrogen) atoms. The summed E-state index contributed by atoms with van der Waals surface area (Å²) in [5, 5.41) is 3.85. The maximum Gasteiger partial charge on any atom is 0.177 e. The van der Waals surface area contributed by atoms with Gasteiger partial charge in [-0.05, 0) is 31.2 Å². The minimum Gasteiger partial charge on any atom is -0.383 e. The highest BCUT2D eigenvalue weighted by Gasteiger charge is 2.04. The molecule has 0 atom stereocenters. The SMILES string of the molecule is CC#CCON=Cc1ccc(-c2ccc(Cl)s2)s1. The largest absolute Gasteiger partial charge is 0.383 e. The second kappa shape index (κ2) is 6.60. The Labute approximate surface area is 119 Å². The van der Waals surface area contributed by atoms with Gasteiger partial charge in [-0.3, -0.25) is 0 Å². The Hall–Kier alpha value is -1.28. The minimum absolute atomic E-state index is 0.325. The van der Waals surface area contributed by atoms with Crippen molar-refractivity contribution in [1.29, 1.82) is 0 Å². The van der Waals surface area contributed by atoms with Crippen molar-refractivity contribution in [1.82, 2.24) is 0 Å². The third kappa shape index (κ3) is 3.61. The van der Waals surface area contributed by atoms with Crippen LogP contribution in [0.5, 0.6) is 0 Å². The monoisotopic (exact) mass is 295 g/mol. The molecule has 0 saturated carbocycles. The summed E-state index contributed by atoms with van der Waals surface area (Å²) in [6.07, 6.45) is 1.70. The molecule has 2 heterocycles. The van der Waals surface area contributed by atoms with Crippen molar-refractivity contribution in [2.24, 2.45) is 5.16 Å². The molecular formula is C13H10ClNOS2. The maximum atomic E-state index is 5.91. The van der Waals surface area contributed by atoms with Gasteiger partial charge in [-0.15, -0.1) is 28.6 Å². The second-order valence-electron chi connectivity index (χ2n) is 3.24. The molecule has 2 aromatic rings. The van der Waals surface area contributed by atoms with Gasteiger partial charge in [-0.1, -0.05) is 22.7 Å². The predicted octanol–water partition coefficient (Wildman–Crippen LogP) is 4.50. The van der Waals surface area contributed by atoms with E-state index in [4.69, 9.17) is 16.4 Å². The van der Waals surface area contributed by atoms with Crippen molar-refractivity contribution in [3.8, 4) is 21.6 Å². The first-order chi connectivity index (χ1) is 8.79. The van der Waals surface area contributed by atoms with Crippen LogP contribution in [0.2, 0.25) is 4.34 Å². The number of hydrogen-bond acceptors (Lipinski definition) is 4. The smallest absolute Gasteiger partial charge is 0.177 e. The lowest BCUT2D eigenvalue weighted by Crippen LogP contribution is -1.82. The first-order valence-corrected chi connectivity index (χ1v) is 7.21. The number of hydrogen-bond donors (Lipinski definition) is 0. The van der Waals surface area contributed by atoms with Crippen LogP contribution in [-0.4, -0.2) is 12.8 Å². The third-order valence-corrected chi connectivity index (χ3v) is 4.46. The van der Waals surface area contributed by atoms with Crippen LogP contribution in [0, 0.1) is 11.8 Å². The van der Waals surface area contributed by atoms with Crippen molar-refractivity contribution in [3.63, 3.8) is 0 Å². The van der Waals surface area contributed by atoms with E-state index in [9.17, 15) is 0 Å². The fourth-order valence-corrected chi connectivity index (χ4v) is 3.24. The van der Waals surface area contributed by atoms with Crippen molar-refractivity contribution < 1.29 is 4.84 Å². The molecule has 0 aliphatic heterocycles. The van der Waals surface area contributed by atoms with Gasteiger partial charge in [0.1, 0.15) is 0 Å². The quantitative estimate of drug-likeness (QED) is 0.352. The van der Waals surface area contributed by atoms with Gasteiger partial charge < -0.3 is 4.84 Å². The van der Waals surface area contributed by atoms with Crippen molar-refractivity contribution in [2.75, 3.05) is 6.61 Å². The fraction of sp³-hybridized carbons (Fsp3) is 0.154. The van der Waals surface area contributed by atoms with Crippen molar-refractivity contribution >= 4 is 40.5 Å². The molecule has 92 valence electrons. The molecule has 2 aromatic heterocycles. The number of halogens is 1. The van der Waals surface area contributed by atoms with E-state index in [2.05, 4.69) is 23.1 Å². The Bertz CT molecular complexity index is 604. The summed E-state index contributed by atoms with van der Waals surface area (Å²) in [6.45, 7) is 2.09. The summed E-state index contributed by atoms with van der Waals surface area (Å²) in [5.41, 5.74) is 0. The summed E-state index contributed by atoms with van der Waals surface area (Å²) >= 11 is 9.13. The van der Waals surface area contributed by atoms with Crippen LogP contribution >= 0.6 is 34.3 Å². The highest BCUT2D eigenvalue weighted by molar-refractivity contribution is 7.24. The molecule has 0 aliphatic carbocycles. The normalized spacial score (nSPS) is 10.3. The van der Waals surface area contributed by atoms with E-state index in [0.29, 0.717) is 6.61 Å². The number of rotatable bonds is 4. The molecule has 2 rings (SSSR count). The van der Waals surface area contributed by atoms with Crippen LogP contribution in [0.25, 0.3) is 9.75 Å². The molecule has 0 N–H and O–H groups in total. The molecule has 0 aromatic carbocycles. The van der Waals surface area contributed by atoms with Gasteiger partial charge >= 0.3 is 0 Å². The molecule has 0 fully saturated rings. The lowest BCUT2D eigenvalue weighted by molar-refractivity contribution is 0.181. The molecule has 5 heteroatoms. The van der Waals surface area contributed by atoms with Crippen LogP contribution in [0.3, 0.4) is 0 Å². The van der Waals surface area contributed by atoms with E-state index >= 15 is 0 Å². The van der Waals surface area contributed by atoms with Gasteiger partial charge in [-0.25, -0.2) is 0 Å². The summed E-state index contributed by atoms with van der Waals surface area (Å²) in [6, 6.07) is 7.99. The zero-order chi connectivity index (χ0) is 12.8. The van der Waals surface area contributed by atoms with Crippen molar-refractivity contribution in [3.05, 3.63) is 33.5 Å². The maximum absolute atomic E-state index is 5.91. The Kier molecular flexibility index (Phi) is 4.82. The Morgan fingerprint density at radius 1 is 1.28 bits per heavy atom. The van der Waals surface area contributed by atoms with Crippen molar-refractivity contribution in [2.45, 2.75) is 6.92 Å². The highest BCUT2D eigenvalue weighted by Crippen LogP contribution is 2.34. The Morgan fingerprint density at radius 2 is 2.06 bits per heavy atom. The van der Waals surface area contributed by atoms with E-state index in [1.807, 2.05) is 18.2 Å². The van der Waals surface area contributed by atoms with E-state index in [-0.39, 0.29) is 0 Å². The average Bonchev–Trinajstić information content (AvgIpc) is 2.97. The van der Waals surface area contributed by atoms with Crippen LogP contribution in [0.1, 0.15) is 11.8 Å². The molecule has 2 nitrogen and oxygen atoms in total. The molecule has 0 unspecified atom stereocenters. The lowest BCUT2D eigenvalue weighted by atomic mass is 10.4. The van der Waals surface area contributed by atoms with Crippen LogP contribution < -0.4 is 0 Å². The number of nitrogens with zero attached hydrogens (tertiary/aromatic N) is 1. The van der Waals surface area contributed by atoms with E-state index < -0.39 is 0 Å². The zero-order valence-electron chi connectivity index (χ0n) is 9.64. The van der Waals surface area contributed by atoms with Crippen LogP contribution in [0.15, 0.2) is 29.4 Å². The van der Waals surface area contributed by atoms with Crippen LogP contribution in [-0.2, 0) is 4.84 Å². The molecule has 0 radical (unpaired) electrons. The average molecular weight is 296 g/mol. The molecule has 0 bridgehead atoms. The van der Waals surface area contributed by atoms with Gasteiger partial charge in [0.2, 0.25) is 0 Å². The lowest BCUT2D eigenvalue weighted by Gasteiger charge is -1.89. The van der Waals surface area contributed by atoms with Gasteiger partial charge in [0.25, 0.3) is 0 Å². The summed E-state index contributed by atoms with van der Waals surface area (Å²) in [4.78, 5) is 8.37. The van der Waals surface area contributed by atoms with Gasteiger partial charge in [0.15, 0.2) is 6.61 Å². The topological polar surface area (TPSA) is 21.6 Å². The van der Waals surface area contributed by atoms with E-state index in [1.165, 1.54) is 9.75 Å². The highest BCUT2D eigenvalue weighted by atomic mass is 35.5. The summed E-state index contributed by atoms with van der Waals surface area (Å²) in [7, 11) is 0. The molecule has 0 aliphatic rings. The van der Waals surface area contributed by atoms with Crippen LogP contribution in [0.4, 0.5) is 0 Å². The summed E-state index contributed by atoms with van der Waals surface area (Å²) < 4.78 is 0.801. The Morgan fingerprint density at radius 3 is 2.78 bits per heavy atom. The molecule has 0 saturated heterocycles. The van der Waals surface area contributed by atoms with Gasteiger partial charge in [-0.2, -0.15) is 0 Å². The van der Waals surface area contributed by atoms with Gasteiger partial charge in [0.05, 0.1) is 10.6 Å². The van der Waals surface area contributed by atoms with E-state index in [1.54, 1.807) is 35.8 Å². The first-order valence-electron chi connectivity index (χ1n) is 5.20.